The third kappa shape index (κ3) is 3.70. The Hall–Kier alpha value is -3.13. The number of rotatable bonds is 2. The van der Waals surface area contributed by atoms with E-state index in [1.165, 1.54) is 6.20 Å². The number of halogens is 1. The molecule has 1 fully saturated rings. The van der Waals surface area contributed by atoms with Crippen LogP contribution in [0.4, 0.5) is 4.79 Å². The first-order valence-corrected chi connectivity index (χ1v) is 8.70. The van der Waals surface area contributed by atoms with Crippen LogP contribution in [0.3, 0.4) is 0 Å². The Kier molecular flexibility index (Phi) is 4.64. The summed E-state index contributed by atoms with van der Waals surface area (Å²) in [7, 11) is 0. The monoisotopic (exact) mass is 386 g/mol. The van der Waals surface area contributed by atoms with E-state index in [1.54, 1.807) is 46.3 Å². The highest BCUT2D eigenvalue weighted by Gasteiger charge is 2.28. The smallest absolute Gasteiger partial charge is 0.415 e. The SMILES string of the molecule is O=C(Oc1cccnc1)N1CCN(C(=O)c2nc3ccc(Cl)cc3o2)CC1. The van der Waals surface area contributed by atoms with Crippen molar-refractivity contribution in [2.45, 2.75) is 0 Å². The Labute approximate surface area is 159 Å². The highest BCUT2D eigenvalue weighted by molar-refractivity contribution is 6.31. The van der Waals surface area contributed by atoms with Gasteiger partial charge in [-0.25, -0.2) is 9.78 Å². The molecular weight excluding hydrogens is 372 g/mol. The fourth-order valence-electron chi connectivity index (χ4n) is 2.79. The van der Waals surface area contributed by atoms with Gasteiger partial charge in [0.1, 0.15) is 5.52 Å². The molecule has 0 spiro atoms. The number of aromatic nitrogens is 2. The molecule has 3 aromatic rings. The van der Waals surface area contributed by atoms with Crippen molar-refractivity contribution in [2.75, 3.05) is 26.2 Å². The Morgan fingerprint density at radius 2 is 1.89 bits per heavy atom. The highest BCUT2D eigenvalue weighted by atomic mass is 35.5. The van der Waals surface area contributed by atoms with Gasteiger partial charge in [0.2, 0.25) is 0 Å². The molecule has 9 heteroatoms. The van der Waals surface area contributed by atoms with Crippen molar-refractivity contribution >= 4 is 34.7 Å². The average Bonchev–Trinajstić information content (AvgIpc) is 3.11. The van der Waals surface area contributed by atoms with Gasteiger partial charge in [-0.2, -0.15) is 0 Å². The third-order valence-corrected chi connectivity index (χ3v) is 4.43. The number of ether oxygens (including phenoxy) is 1. The van der Waals surface area contributed by atoms with Crippen molar-refractivity contribution in [3.05, 3.63) is 53.6 Å². The summed E-state index contributed by atoms with van der Waals surface area (Å²) in [6, 6.07) is 8.35. The van der Waals surface area contributed by atoms with Crippen molar-refractivity contribution in [3.63, 3.8) is 0 Å². The van der Waals surface area contributed by atoms with Gasteiger partial charge in [0.05, 0.1) is 6.20 Å². The average molecular weight is 387 g/mol. The number of benzene rings is 1. The van der Waals surface area contributed by atoms with Gasteiger partial charge >= 0.3 is 12.0 Å². The molecule has 138 valence electrons. The van der Waals surface area contributed by atoms with Gasteiger partial charge in [-0.15, -0.1) is 0 Å². The predicted molar refractivity (Wildman–Crippen MR) is 96.8 cm³/mol. The fourth-order valence-corrected chi connectivity index (χ4v) is 2.95. The van der Waals surface area contributed by atoms with Gasteiger partial charge in [0.15, 0.2) is 11.3 Å². The molecule has 27 heavy (non-hydrogen) atoms. The summed E-state index contributed by atoms with van der Waals surface area (Å²) in [6.07, 6.45) is 2.60. The maximum absolute atomic E-state index is 12.6. The minimum absolute atomic E-state index is 0.0126. The lowest BCUT2D eigenvalue weighted by Gasteiger charge is -2.33. The maximum Gasteiger partial charge on any atom is 0.415 e. The fraction of sp³-hybridized carbons (Fsp3) is 0.222. The van der Waals surface area contributed by atoms with Gasteiger partial charge in [-0.3, -0.25) is 9.78 Å². The zero-order valence-corrected chi connectivity index (χ0v) is 14.9. The number of nitrogens with zero attached hydrogens (tertiary/aromatic N) is 4. The zero-order valence-electron chi connectivity index (χ0n) is 14.2. The summed E-state index contributed by atoms with van der Waals surface area (Å²) in [5.74, 6) is 0.0763. The Bertz CT molecular complexity index is 983. The molecule has 0 unspecified atom stereocenters. The van der Waals surface area contributed by atoms with Crippen molar-refractivity contribution in [3.8, 4) is 5.75 Å². The number of carbonyl (C=O) groups is 2. The lowest BCUT2D eigenvalue weighted by atomic mass is 10.3. The summed E-state index contributed by atoms with van der Waals surface area (Å²) in [5.41, 5.74) is 1.03. The second kappa shape index (κ2) is 7.24. The number of carbonyl (C=O) groups excluding carboxylic acids is 2. The second-order valence-corrected chi connectivity index (χ2v) is 6.40. The van der Waals surface area contributed by atoms with Crippen LogP contribution in [0, 0.1) is 0 Å². The summed E-state index contributed by atoms with van der Waals surface area (Å²) in [6.45, 7) is 1.44. The molecule has 0 radical (unpaired) electrons. The molecule has 0 aliphatic carbocycles. The summed E-state index contributed by atoms with van der Waals surface area (Å²) in [4.78, 5) is 36.1. The molecule has 1 aliphatic heterocycles. The summed E-state index contributed by atoms with van der Waals surface area (Å²) >= 11 is 5.92. The molecule has 1 aromatic carbocycles. The molecule has 4 rings (SSSR count). The van der Waals surface area contributed by atoms with Crippen LogP contribution in [-0.4, -0.2) is 57.9 Å². The van der Waals surface area contributed by atoms with E-state index in [2.05, 4.69) is 9.97 Å². The lowest BCUT2D eigenvalue weighted by molar-refractivity contribution is 0.0599. The largest absolute Gasteiger partial charge is 0.432 e. The van der Waals surface area contributed by atoms with E-state index < -0.39 is 6.09 Å². The molecule has 2 aromatic heterocycles. The van der Waals surface area contributed by atoms with Gasteiger partial charge in [-0.1, -0.05) is 11.6 Å². The molecule has 2 amide bonds. The number of amides is 2. The van der Waals surface area contributed by atoms with Crippen LogP contribution in [0.5, 0.6) is 5.75 Å². The summed E-state index contributed by atoms with van der Waals surface area (Å²) in [5, 5.41) is 0.512. The van der Waals surface area contributed by atoms with Crippen LogP contribution in [0.1, 0.15) is 10.7 Å². The molecule has 0 N–H and O–H groups in total. The minimum atomic E-state index is -0.466. The number of hydrogen-bond donors (Lipinski definition) is 0. The van der Waals surface area contributed by atoms with Crippen LogP contribution in [0.2, 0.25) is 5.02 Å². The first-order chi connectivity index (χ1) is 13.1. The standard InChI is InChI=1S/C18H15ClN4O4/c19-12-3-4-14-15(10-12)27-16(21-14)17(24)22-6-8-23(9-7-22)18(25)26-13-2-1-5-20-11-13/h1-5,10-11H,6-9H2. The molecule has 0 bridgehead atoms. The maximum atomic E-state index is 12.6. The van der Waals surface area contributed by atoms with Crippen LogP contribution >= 0.6 is 11.6 Å². The molecular formula is C18H15ClN4O4. The highest BCUT2D eigenvalue weighted by Crippen LogP contribution is 2.21. The van der Waals surface area contributed by atoms with E-state index in [0.717, 1.165) is 0 Å². The molecule has 0 atom stereocenters. The van der Waals surface area contributed by atoms with Crippen molar-refractivity contribution in [1.29, 1.82) is 0 Å². The van der Waals surface area contributed by atoms with Gasteiger partial charge in [-0.05, 0) is 24.3 Å². The van der Waals surface area contributed by atoms with E-state index in [9.17, 15) is 9.59 Å². The second-order valence-electron chi connectivity index (χ2n) is 5.97. The first kappa shape index (κ1) is 17.3. The minimum Gasteiger partial charge on any atom is -0.432 e. The van der Waals surface area contributed by atoms with Crippen molar-refractivity contribution in [1.82, 2.24) is 19.8 Å². The number of piperazine rings is 1. The zero-order chi connectivity index (χ0) is 18.8. The van der Waals surface area contributed by atoms with E-state index in [1.807, 2.05) is 0 Å². The van der Waals surface area contributed by atoms with E-state index in [-0.39, 0.29) is 11.8 Å². The van der Waals surface area contributed by atoms with Gasteiger partial charge < -0.3 is 19.0 Å². The normalized spacial score (nSPS) is 14.4. The van der Waals surface area contributed by atoms with Crippen LogP contribution in [0.15, 0.2) is 47.1 Å². The number of hydrogen-bond acceptors (Lipinski definition) is 6. The van der Waals surface area contributed by atoms with E-state index in [0.29, 0.717) is 48.1 Å². The molecule has 1 aliphatic rings. The lowest BCUT2D eigenvalue weighted by Crippen LogP contribution is -2.51. The van der Waals surface area contributed by atoms with Crippen molar-refractivity contribution < 1.29 is 18.7 Å². The van der Waals surface area contributed by atoms with E-state index >= 15 is 0 Å². The Morgan fingerprint density at radius 1 is 1.11 bits per heavy atom. The number of fused-ring (bicyclic) bond motifs is 1. The Morgan fingerprint density at radius 3 is 2.63 bits per heavy atom. The first-order valence-electron chi connectivity index (χ1n) is 8.32. The molecule has 0 saturated carbocycles. The van der Waals surface area contributed by atoms with Crippen LogP contribution in [0.25, 0.3) is 11.1 Å². The molecule has 8 nitrogen and oxygen atoms in total. The number of pyridine rings is 1. The Balaban J connectivity index is 1.38. The predicted octanol–water partition coefficient (Wildman–Crippen LogP) is 2.83. The topological polar surface area (TPSA) is 88.8 Å². The van der Waals surface area contributed by atoms with Crippen LogP contribution in [-0.2, 0) is 0 Å². The van der Waals surface area contributed by atoms with Gasteiger partial charge in [0.25, 0.3) is 5.89 Å². The number of oxazole rings is 1. The third-order valence-electron chi connectivity index (χ3n) is 4.20. The molecule has 1 saturated heterocycles. The quantitative estimate of drug-likeness (QED) is 0.672. The van der Waals surface area contributed by atoms with Crippen LogP contribution < -0.4 is 4.74 Å². The van der Waals surface area contributed by atoms with Crippen molar-refractivity contribution in [2.24, 2.45) is 0 Å². The summed E-state index contributed by atoms with van der Waals surface area (Å²) < 4.78 is 10.8. The van der Waals surface area contributed by atoms with Gasteiger partial charge in [0, 0.05) is 43.5 Å². The van der Waals surface area contributed by atoms with E-state index in [4.69, 9.17) is 20.8 Å². The molecule has 3 heterocycles.